The number of amides is 1. The summed E-state index contributed by atoms with van der Waals surface area (Å²) in [6.45, 7) is 0. The number of aryl methyl sites for hydroxylation is 1. The lowest BCUT2D eigenvalue weighted by Gasteiger charge is -2.33. The molecule has 0 saturated carbocycles. The minimum atomic E-state index is -1.16. The normalized spacial score (nSPS) is 15.9. The standard InChI is InChI=1S/C18H21N3O5S/c1-25-13-4-2-12(3-5-13)16-19-15(26-21-16)7-6-14(22)20-18(17(23)24)8-10-27-11-9-18/h2-5H,6-11H2,1H3,(H,20,22)(H,23,24). The number of rotatable bonds is 7. The number of hydrogen-bond acceptors (Lipinski definition) is 7. The maximum Gasteiger partial charge on any atom is 0.329 e. The van der Waals surface area contributed by atoms with E-state index in [1.807, 2.05) is 12.1 Å². The van der Waals surface area contributed by atoms with E-state index in [9.17, 15) is 14.7 Å². The molecule has 3 rings (SSSR count). The Balaban J connectivity index is 1.57. The average Bonchev–Trinajstić information content (AvgIpc) is 3.16. The van der Waals surface area contributed by atoms with Crippen molar-refractivity contribution in [1.82, 2.24) is 15.5 Å². The third-order valence-electron chi connectivity index (χ3n) is 4.52. The van der Waals surface area contributed by atoms with Gasteiger partial charge in [-0.1, -0.05) is 5.16 Å². The van der Waals surface area contributed by atoms with Crippen molar-refractivity contribution in [3.8, 4) is 17.1 Å². The summed E-state index contributed by atoms with van der Waals surface area (Å²) in [5.41, 5.74) is -0.384. The van der Waals surface area contributed by atoms with Crippen molar-refractivity contribution in [3.05, 3.63) is 30.2 Å². The average molecular weight is 391 g/mol. The molecule has 1 aromatic carbocycles. The highest BCUT2D eigenvalue weighted by Gasteiger charge is 2.41. The lowest BCUT2D eigenvalue weighted by molar-refractivity contribution is -0.148. The first-order valence-corrected chi connectivity index (χ1v) is 9.77. The van der Waals surface area contributed by atoms with Crippen LogP contribution in [0.2, 0.25) is 0 Å². The predicted octanol–water partition coefficient (Wildman–Crippen LogP) is 2.14. The molecule has 0 aliphatic carbocycles. The summed E-state index contributed by atoms with van der Waals surface area (Å²) in [5.74, 6) is 1.64. The molecule has 0 spiro atoms. The van der Waals surface area contributed by atoms with Gasteiger partial charge in [-0.2, -0.15) is 16.7 Å². The molecule has 0 unspecified atom stereocenters. The van der Waals surface area contributed by atoms with Crippen LogP contribution >= 0.6 is 11.8 Å². The van der Waals surface area contributed by atoms with E-state index < -0.39 is 11.5 Å². The molecule has 27 heavy (non-hydrogen) atoms. The van der Waals surface area contributed by atoms with E-state index in [0.717, 1.165) is 22.8 Å². The van der Waals surface area contributed by atoms with Gasteiger partial charge in [0.2, 0.25) is 17.6 Å². The second-order valence-electron chi connectivity index (χ2n) is 6.29. The van der Waals surface area contributed by atoms with Crippen LogP contribution in [0.25, 0.3) is 11.4 Å². The molecule has 2 N–H and O–H groups in total. The summed E-state index contributed by atoms with van der Waals surface area (Å²) in [4.78, 5) is 28.2. The summed E-state index contributed by atoms with van der Waals surface area (Å²) in [6, 6.07) is 7.23. The molecule has 144 valence electrons. The van der Waals surface area contributed by atoms with Gasteiger partial charge in [-0.05, 0) is 48.6 Å². The first-order chi connectivity index (χ1) is 13.0. The predicted molar refractivity (Wildman–Crippen MR) is 99.7 cm³/mol. The largest absolute Gasteiger partial charge is 0.497 e. The zero-order valence-electron chi connectivity index (χ0n) is 14.9. The van der Waals surface area contributed by atoms with Gasteiger partial charge in [-0.15, -0.1) is 0 Å². The van der Waals surface area contributed by atoms with E-state index in [-0.39, 0.29) is 18.7 Å². The maximum atomic E-state index is 12.3. The first kappa shape index (κ1) is 19.2. The van der Waals surface area contributed by atoms with E-state index in [1.54, 1.807) is 31.0 Å². The van der Waals surface area contributed by atoms with Gasteiger partial charge in [-0.3, -0.25) is 4.79 Å². The van der Waals surface area contributed by atoms with E-state index in [1.165, 1.54) is 0 Å². The molecular formula is C18H21N3O5S. The molecule has 1 fully saturated rings. The van der Waals surface area contributed by atoms with Crippen LogP contribution in [0, 0.1) is 0 Å². The van der Waals surface area contributed by atoms with E-state index in [0.29, 0.717) is 24.6 Å². The SMILES string of the molecule is COc1ccc(-c2noc(CCC(=O)NC3(C(=O)O)CCSCC3)n2)cc1. The Morgan fingerprint density at radius 2 is 2.00 bits per heavy atom. The van der Waals surface area contributed by atoms with Crippen molar-refractivity contribution in [2.75, 3.05) is 18.6 Å². The molecule has 2 heterocycles. The number of hydrogen-bond donors (Lipinski definition) is 2. The summed E-state index contributed by atoms with van der Waals surface area (Å²) in [5, 5.41) is 16.1. The topological polar surface area (TPSA) is 115 Å². The molecule has 2 aromatic rings. The highest BCUT2D eigenvalue weighted by atomic mass is 32.2. The Kier molecular flexibility index (Phi) is 6.00. The minimum absolute atomic E-state index is 0.0897. The molecule has 1 aromatic heterocycles. The number of nitrogens with zero attached hydrogens (tertiary/aromatic N) is 2. The Morgan fingerprint density at radius 3 is 2.63 bits per heavy atom. The van der Waals surface area contributed by atoms with E-state index in [2.05, 4.69) is 15.5 Å². The highest BCUT2D eigenvalue weighted by Crippen LogP contribution is 2.27. The van der Waals surface area contributed by atoms with Gasteiger partial charge in [0.1, 0.15) is 11.3 Å². The molecule has 1 aliphatic rings. The molecular weight excluding hydrogens is 370 g/mol. The van der Waals surface area contributed by atoms with Crippen molar-refractivity contribution in [2.24, 2.45) is 0 Å². The zero-order chi connectivity index (χ0) is 19.3. The maximum absolute atomic E-state index is 12.3. The number of carbonyl (C=O) groups excluding carboxylic acids is 1. The number of aromatic nitrogens is 2. The van der Waals surface area contributed by atoms with Crippen molar-refractivity contribution in [1.29, 1.82) is 0 Å². The molecule has 0 radical (unpaired) electrons. The van der Waals surface area contributed by atoms with Gasteiger partial charge in [0, 0.05) is 18.4 Å². The number of nitrogens with one attached hydrogen (secondary N) is 1. The van der Waals surface area contributed by atoms with Gasteiger partial charge < -0.3 is 19.7 Å². The van der Waals surface area contributed by atoms with Gasteiger partial charge in [0.05, 0.1) is 7.11 Å². The zero-order valence-corrected chi connectivity index (χ0v) is 15.8. The van der Waals surface area contributed by atoms with Crippen molar-refractivity contribution in [2.45, 2.75) is 31.2 Å². The fourth-order valence-corrected chi connectivity index (χ4v) is 4.07. The number of carboxylic acids is 1. The molecule has 9 heteroatoms. The van der Waals surface area contributed by atoms with Crippen molar-refractivity contribution in [3.63, 3.8) is 0 Å². The Hall–Kier alpha value is -2.55. The highest BCUT2D eigenvalue weighted by molar-refractivity contribution is 7.99. The molecule has 0 atom stereocenters. The molecule has 8 nitrogen and oxygen atoms in total. The van der Waals surface area contributed by atoms with Crippen molar-refractivity contribution >= 4 is 23.6 Å². The van der Waals surface area contributed by atoms with Gasteiger partial charge in [-0.25, -0.2) is 4.79 Å². The van der Waals surface area contributed by atoms with Crippen LogP contribution in [0.3, 0.4) is 0 Å². The number of carbonyl (C=O) groups is 2. The lowest BCUT2D eigenvalue weighted by atomic mass is 9.92. The fraction of sp³-hybridized carbons (Fsp3) is 0.444. The summed E-state index contributed by atoms with van der Waals surface area (Å²) >= 11 is 1.70. The van der Waals surface area contributed by atoms with Crippen molar-refractivity contribution < 1.29 is 24.0 Å². The van der Waals surface area contributed by atoms with E-state index in [4.69, 9.17) is 9.26 Å². The number of methoxy groups -OCH3 is 1. The van der Waals surface area contributed by atoms with Crippen LogP contribution in [-0.2, 0) is 16.0 Å². The number of aliphatic carboxylic acids is 1. The van der Waals surface area contributed by atoms with E-state index >= 15 is 0 Å². The molecule has 0 bridgehead atoms. The van der Waals surface area contributed by atoms with Crippen LogP contribution in [0.15, 0.2) is 28.8 Å². The van der Waals surface area contributed by atoms with Gasteiger partial charge in [0.15, 0.2) is 0 Å². The first-order valence-electron chi connectivity index (χ1n) is 8.61. The number of thioether (sulfide) groups is 1. The minimum Gasteiger partial charge on any atom is -0.497 e. The Morgan fingerprint density at radius 1 is 1.30 bits per heavy atom. The lowest BCUT2D eigenvalue weighted by Crippen LogP contribution is -2.56. The smallest absolute Gasteiger partial charge is 0.329 e. The van der Waals surface area contributed by atoms with Crippen LogP contribution in [0.4, 0.5) is 0 Å². The molecule has 1 amide bonds. The number of ether oxygens (including phenoxy) is 1. The fourth-order valence-electron chi connectivity index (χ4n) is 2.88. The summed E-state index contributed by atoms with van der Waals surface area (Å²) in [7, 11) is 1.59. The number of carboxylic acid groups (broad SMARTS) is 1. The van der Waals surface area contributed by atoms with Crippen LogP contribution in [0.1, 0.15) is 25.2 Å². The quantitative estimate of drug-likeness (QED) is 0.738. The Labute approximate surface area is 160 Å². The molecule has 1 saturated heterocycles. The summed E-state index contributed by atoms with van der Waals surface area (Å²) < 4.78 is 10.3. The third kappa shape index (κ3) is 4.60. The third-order valence-corrected chi connectivity index (χ3v) is 5.50. The van der Waals surface area contributed by atoms with Gasteiger partial charge >= 0.3 is 5.97 Å². The van der Waals surface area contributed by atoms with Crippen LogP contribution < -0.4 is 10.1 Å². The monoisotopic (exact) mass is 391 g/mol. The van der Waals surface area contributed by atoms with Gasteiger partial charge in [0.25, 0.3) is 0 Å². The van der Waals surface area contributed by atoms with Crippen LogP contribution in [-0.4, -0.2) is 51.3 Å². The second-order valence-corrected chi connectivity index (χ2v) is 7.51. The Bertz CT molecular complexity index is 800. The molecule has 1 aliphatic heterocycles. The number of benzene rings is 1. The second kappa shape index (κ2) is 8.43. The summed E-state index contributed by atoms with van der Waals surface area (Å²) in [6.07, 6.45) is 1.20. The van der Waals surface area contributed by atoms with Crippen LogP contribution in [0.5, 0.6) is 5.75 Å².